The van der Waals surface area contributed by atoms with Crippen LogP contribution in [0, 0.1) is 23.7 Å². The van der Waals surface area contributed by atoms with Crippen molar-refractivity contribution in [2.24, 2.45) is 23.7 Å². The van der Waals surface area contributed by atoms with Crippen LogP contribution in [0.15, 0.2) is 41.7 Å². The minimum Gasteiger partial charge on any atom is -0.377 e. The first-order valence-electron chi connectivity index (χ1n) is 10.3. The molecule has 1 saturated heterocycles. The molecule has 3 heterocycles. The molecule has 5 rings (SSSR count). The summed E-state index contributed by atoms with van der Waals surface area (Å²) in [6.45, 7) is 11.1. The van der Waals surface area contributed by atoms with E-state index >= 15 is 0 Å². The number of imidazole rings is 1. The Morgan fingerprint density at radius 3 is 2.85 bits per heavy atom. The van der Waals surface area contributed by atoms with Gasteiger partial charge in [-0.2, -0.15) is 0 Å². The third-order valence-corrected chi connectivity index (χ3v) is 8.05. The second kappa shape index (κ2) is 6.56. The van der Waals surface area contributed by atoms with Gasteiger partial charge in [-0.05, 0) is 69.7 Å². The highest BCUT2D eigenvalue weighted by Crippen LogP contribution is 2.52. The molecule has 2 unspecified atom stereocenters. The molecule has 0 amide bonds. The highest BCUT2D eigenvalue weighted by atomic mass is 32.2. The van der Waals surface area contributed by atoms with Crippen molar-refractivity contribution in [1.82, 2.24) is 20.0 Å². The van der Waals surface area contributed by atoms with Gasteiger partial charge in [0.2, 0.25) is 0 Å². The smallest absolute Gasteiger partial charge is 0.138 e. The van der Waals surface area contributed by atoms with Crippen molar-refractivity contribution in [3.63, 3.8) is 0 Å². The maximum Gasteiger partial charge on any atom is 0.138 e. The standard InChI is InChI=1S/C22H30N4S/c1-14(20-16-10-23-11-17(16)20)25-22(2,3)21-24-12-18-19(8-5-9-26(18)21)27-13-15-6-4-7-15/h5,8-9,12,15-17,20,23,25H,1,4,6-7,10-11,13H2,2-3H3. The van der Waals surface area contributed by atoms with Gasteiger partial charge >= 0.3 is 0 Å². The quantitative estimate of drug-likeness (QED) is 0.710. The second-order valence-corrected chi connectivity index (χ2v) is 10.2. The van der Waals surface area contributed by atoms with E-state index in [2.05, 4.69) is 53.8 Å². The number of allylic oxidation sites excluding steroid dienone is 1. The number of hydrogen-bond acceptors (Lipinski definition) is 4. The molecule has 0 spiro atoms. The predicted octanol–water partition coefficient (Wildman–Crippen LogP) is 4.03. The van der Waals surface area contributed by atoms with Gasteiger partial charge in [0.05, 0.1) is 17.3 Å². The molecule has 0 radical (unpaired) electrons. The van der Waals surface area contributed by atoms with Gasteiger partial charge in [0.1, 0.15) is 5.82 Å². The van der Waals surface area contributed by atoms with Crippen LogP contribution < -0.4 is 10.6 Å². The highest BCUT2D eigenvalue weighted by molar-refractivity contribution is 7.99. The van der Waals surface area contributed by atoms with E-state index in [1.807, 2.05) is 18.0 Å². The van der Waals surface area contributed by atoms with Crippen LogP contribution in [0.4, 0.5) is 0 Å². The lowest BCUT2D eigenvalue weighted by molar-refractivity contribution is 0.353. The van der Waals surface area contributed by atoms with Gasteiger partial charge in [0.15, 0.2) is 0 Å². The van der Waals surface area contributed by atoms with Crippen LogP contribution in [0.1, 0.15) is 38.9 Å². The summed E-state index contributed by atoms with van der Waals surface area (Å²) >= 11 is 1.99. The molecule has 2 N–H and O–H groups in total. The van der Waals surface area contributed by atoms with E-state index in [9.17, 15) is 0 Å². The first-order chi connectivity index (χ1) is 13.0. The van der Waals surface area contributed by atoms with Crippen molar-refractivity contribution >= 4 is 17.3 Å². The monoisotopic (exact) mass is 382 g/mol. The summed E-state index contributed by atoms with van der Waals surface area (Å²) < 4.78 is 2.26. The number of aromatic nitrogens is 2. The first-order valence-corrected chi connectivity index (χ1v) is 11.3. The molecule has 3 aliphatic rings. The summed E-state index contributed by atoms with van der Waals surface area (Å²) in [7, 11) is 0. The molecule has 2 aromatic heterocycles. The van der Waals surface area contributed by atoms with Crippen LogP contribution in [0.3, 0.4) is 0 Å². The number of hydrogen-bond donors (Lipinski definition) is 2. The zero-order valence-electron chi connectivity index (χ0n) is 16.4. The maximum atomic E-state index is 4.83. The van der Waals surface area contributed by atoms with Gasteiger partial charge < -0.3 is 15.0 Å². The third-order valence-electron chi connectivity index (χ3n) is 6.76. The van der Waals surface area contributed by atoms with E-state index in [1.54, 1.807) is 0 Å². The highest BCUT2D eigenvalue weighted by Gasteiger charge is 2.54. The first kappa shape index (κ1) is 17.6. The molecule has 0 aromatic carbocycles. The van der Waals surface area contributed by atoms with E-state index in [4.69, 9.17) is 4.98 Å². The molecule has 2 aromatic rings. The van der Waals surface area contributed by atoms with Gasteiger partial charge in [-0.25, -0.2) is 4.98 Å². The lowest BCUT2D eigenvalue weighted by atomic mass is 9.87. The fourth-order valence-corrected chi connectivity index (χ4v) is 6.15. The topological polar surface area (TPSA) is 41.4 Å². The zero-order valence-corrected chi connectivity index (χ0v) is 17.2. The molecule has 144 valence electrons. The summed E-state index contributed by atoms with van der Waals surface area (Å²) in [5.74, 6) is 5.40. The second-order valence-electron chi connectivity index (χ2n) is 9.10. The summed E-state index contributed by atoms with van der Waals surface area (Å²) in [5.41, 5.74) is 2.17. The van der Waals surface area contributed by atoms with Crippen LogP contribution in [0.5, 0.6) is 0 Å². The van der Waals surface area contributed by atoms with Gasteiger partial charge in [-0.3, -0.25) is 0 Å². The van der Waals surface area contributed by atoms with Crippen molar-refractivity contribution < 1.29 is 0 Å². The molecule has 3 fully saturated rings. The number of piperidine rings is 1. The largest absolute Gasteiger partial charge is 0.377 e. The Morgan fingerprint density at radius 2 is 2.15 bits per heavy atom. The average Bonchev–Trinajstić information content (AvgIpc) is 2.96. The molecule has 4 nitrogen and oxygen atoms in total. The predicted molar refractivity (Wildman–Crippen MR) is 112 cm³/mol. The van der Waals surface area contributed by atoms with E-state index in [1.165, 1.54) is 41.1 Å². The van der Waals surface area contributed by atoms with E-state index < -0.39 is 0 Å². The summed E-state index contributed by atoms with van der Waals surface area (Å²) in [4.78, 5) is 6.18. The average molecular weight is 383 g/mol. The zero-order chi connectivity index (χ0) is 18.6. The van der Waals surface area contributed by atoms with Gasteiger partial charge in [-0.15, -0.1) is 11.8 Å². The summed E-state index contributed by atoms with van der Waals surface area (Å²) in [6, 6.07) is 4.39. The Bertz CT molecular complexity index is 856. The number of pyridine rings is 1. The van der Waals surface area contributed by atoms with Crippen molar-refractivity contribution in [2.75, 3.05) is 18.8 Å². The van der Waals surface area contributed by atoms with Crippen LogP contribution in [0.25, 0.3) is 5.52 Å². The van der Waals surface area contributed by atoms with E-state index in [0.717, 1.165) is 36.7 Å². The van der Waals surface area contributed by atoms with Gasteiger partial charge in [0, 0.05) is 28.5 Å². The van der Waals surface area contributed by atoms with Crippen molar-refractivity contribution in [1.29, 1.82) is 0 Å². The van der Waals surface area contributed by atoms with Crippen LogP contribution in [-0.4, -0.2) is 28.2 Å². The minimum absolute atomic E-state index is 0.245. The number of fused-ring (bicyclic) bond motifs is 2. The number of nitrogens with one attached hydrogen (secondary N) is 2. The Balaban J connectivity index is 1.34. The Kier molecular flexibility index (Phi) is 4.28. The van der Waals surface area contributed by atoms with Crippen molar-refractivity contribution in [3.8, 4) is 0 Å². The van der Waals surface area contributed by atoms with E-state index in [-0.39, 0.29) is 5.54 Å². The van der Waals surface area contributed by atoms with Crippen molar-refractivity contribution in [3.05, 3.63) is 42.6 Å². The lowest BCUT2D eigenvalue weighted by Gasteiger charge is -2.28. The molecule has 5 heteroatoms. The number of nitrogens with zero attached hydrogens (tertiary/aromatic N) is 2. The number of rotatable bonds is 7. The molecule has 2 aliphatic carbocycles. The third kappa shape index (κ3) is 3.09. The molecular weight excluding hydrogens is 352 g/mol. The summed E-state index contributed by atoms with van der Waals surface area (Å²) in [5, 5.41) is 7.18. The Labute approximate surface area is 166 Å². The van der Waals surface area contributed by atoms with Gasteiger partial charge in [-0.1, -0.05) is 13.0 Å². The number of thioether (sulfide) groups is 1. The molecule has 0 bridgehead atoms. The minimum atomic E-state index is -0.245. The fraction of sp³-hybridized carbons (Fsp3) is 0.591. The molecule has 1 aliphatic heterocycles. The van der Waals surface area contributed by atoms with Gasteiger partial charge in [0.25, 0.3) is 0 Å². The van der Waals surface area contributed by atoms with Crippen molar-refractivity contribution in [2.45, 2.75) is 43.5 Å². The molecule has 2 atom stereocenters. The Morgan fingerprint density at radius 1 is 1.37 bits per heavy atom. The molecule has 27 heavy (non-hydrogen) atoms. The Hall–Kier alpha value is -1.46. The lowest BCUT2D eigenvalue weighted by Crippen LogP contribution is -2.38. The fourth-order valence-electron chi connectivity index (χ4n) is 4.92. The van der Waals surface area contributed by atoms with Crippen LogP contribution >= 0.6 is 11.8 Å². The van der Waals surface area contributed by atoms with E-state index in [0.29, 0.717) is 5.92 Å². The van der Waals surface area contributed by atoms with Crippen LogP contribution in [0.2, 0.25) is 0 Å². The SMILES string of the molecule is C=C(NC(C)(C)c1ncc2c(SCC3CCC3)cccn12)C1C2CNCC21. The maximum absolute atomic E-state index is 4.83. The summed E-state index contributed by atoms with van der Waals surface area (Å²) in [6.07, 6.45) is 8.40. The normalized spacial score (nSPS) is 27.4. The molecule has 2 saturated carbocycles. The van der Waals surface area contributed by atoms with Crippen LogP contribution in [-0.2, 0) is 5.54 Å². The molecular formula is C22H30N4S.